The topological polar surface area (TPSA) is 84.0 Å². The molecule has 0 saturated carbocycles. The van der Waals surface area contributed by atoms with Gasteiger partial charge in [0, 0.05) is 54.4 Å². The van der Waals surface area contributed by atoms with Gasteiger partial charge in [0.2, 0.25) is 0 Å². The van der Waals surface area contributed by atoms with Crippen molar-refractivity contribution in [2.24, 2.45) is 0 Å². The summed E-state index contributed by atoms with van der Waals surface area (Å²) in [4.78, 5) is 24.0. The van der Waals surface area contributed by atoms with Crippen molar-refractivity contribution in [2.45, 2.75) is 27.0 Å². The predicted molar refractivity (Wildman–Crippen MR) is 146 cm³/mol. The van der Waals surface area contributed by atoms with Crippen LogP contribution < -0.4 is 10.3 Å². The molecule has 0 bridgehead atoms. The van der Waals surface area contributed by atoms with E-state index in [2.05, 4.69) is 22.5 Å². The molecular weight excluding hydrogens is 462 g/mol. The molecule has 0 atom stereocenters. The molecule has 186 valence electrons. The minimum atomic E-state index is -0.342. The molecule has 7 heteroatoms. The average molecular weight is 492 g/mol. The lowest BCUT2D eigenvalue weighted by atomic mass is 10.0. The van der Waals surface area contributed by atoms with Crippen LogP contribution in [0, 0.1) is 25.2 Å². The van der Waals surface area contributed by atoms with E-state index >= 15 is 0 Å². The van der Waals surface area contributed by atoms with Crippen molar-refractivity contribution in [1.82, 2.24) is 19.4 Å². The van der Waals surface area contributed by atoms with Gasteiger partial charge >= 0.3 is 0 Å². The van der Waals surface area contributed by atoms with Crippen LogP contribution in [0.1, 0.15) is 33.6 Å². The Labute approximate surface area is 216 Å². The lowest BCUT2D eigenvalue weighted by molar-refractivity contribution is 0.306. The molecule has 0 saturated heterocycles. The number of fused-ring (bicyclic) bond motifs is 1. The Kier molecular flexibility index (Phi) is 7.49. The normalized spacial score (nSPS) is 11.3. The fraction of sp³-hybridized carbons (Fsp3) is 0.200. The number of ether oxygens (including phenoxy) is 1. The molecule has 37 heavy (non-hydrogen) atoms. The first-order chi connectivity index (χ1) is 17.8. The van der Waals surface area contributed by atoms with Crippen LogP contribution in [0.3, 0.4) is 0 Å². The number of aryl methyl sites for hydroxylation is 2. The summed E-state index contributed by atoms with van der Waals surface area (Å²) in [7, 11) is 4.00. The number of para-hydroxylation sites is 1. The Morgan fingerprint density at radius 2 is 2.03 bits per heavy atom. The number of rotatable bonds is 8. The quantitative estimate of drug-likeness (QED) is 0.323. The van der Waals surface area contributed by atoms with Gasteiger partial charge in [0.25, 0.3) is 5.56 Å². The third-order valence-corrected chi connectivity index (χ3v) is 6.18. The summed E-state index contributed by atoms with van der Waals surface area (Å²) >= 11 is 0. The van der Waals surface area contributed by atoms with E-state index in [9.17, 15) is 10.1 Å². The number of hydrogen-bond acceptors (Lipinski definition) is 6. The van der Waals surface area contributed by atoms with E-state index in [-0.39, 0.29) is 24.3 Å². The molecule has 0 aliphatic carbocycles. The first kappa shape index (κ1) is 25.4. The molecule has 0 aliphatic rings. The maximum atomic E-state index is 12.6. The molecule has 0 N–H and O–H groups in total. The highest BCUT2D eigenvalue weighted by Gasteiger charge is 2.15. The van der Waals surface area contributed by atoms with E-state index in [1.165, 1.54) is 10.6 Å². The molecular formula is C30H29N5O2. The van der Waals surface area contributed by atoms with Crippen LogP contribution in [-0.2, 0) is 13.2 Å². The summed E-state index contributed by atoms with van der Waals surface area (Å²) in [6.45, 7) is 8.33. The van der Waals surface area contributed by atoms with Gasteiger partial charge in [0.05, 0.1) is 12.2 Å². The van der Waals surface area contributed by atoms with E-state index in [1.807, 2.05) is 64.4 Å². The molecule has 0 spiro atoms. The van der Waals surface area contributed by atoms with Gasteiger partial charge < -0.3 is 14.2 Å². The van der Waals surface area contributed by atoms with Crippen LogP contribution in [0.2, 0.25) is 0 Å². The van der Waals surface area contributed by atoms with E-state index in [4.69, 9.17) is 9.72 Å². The van der Waals surface area contributed by atoms with Crippen LogP contribution >= 0.6 is 0 Å². The maximum absolute atomic E-state index is 12.6. The zero-order valence-electron chi connectivity index (χ0n) is 21.5. The van der Waals surface area contributed by atoms with E-state index in [1.54, 1.807) is 24.5 Å². The summed E-state index contributed by atoms with van der Waals surface area (Å²) in [5.74, 6) is 0.664. The monoisotopic (exact) mass is 491 g/mol. The Hall–Kier alpha value is -4.70. The number of pyridine rings is 3. The number of benzene rings is 1. The average Bonchev–Trinajstić information content (AvgIpc) is 2.87. The van der Waals surface area contributed by atoms with Crippen molar-refractivity contribution in [1.29, 1.82) is 5.26 Å². The molecule has 7 nitrogen and oxygen atoms in total. The van der Waals surface area contributed by atoms with Crippen molar-refractivity contribution in [3.63, 3.8) is 0 Å². The first-order valence-electron chi connectivity index (χ1n) is 11.9. The minimum absolute atomic E-state index is 0.101. The van der Waals surface area contributed by atoms with Crippen LogP contribution in [0.4, 0.5) is 0 Å². The van der Waals surface area contributed by atoms with Gasteiger partial charge in [-0.15, -0.1) is 0 Å². The molecule has 0 amide bonds. The van der Waals surface area contributed by atoms with Crippen LogP contribution in [0.5, 0.6) is 5.75 Å². The smallest absolute Gasteiger partial charge is 0.268 e. The lowest BCUT2D eigenvalue weighted by Crippen LogP contribution is -2.23. The molecule has 1 aromatic carbocycles. The summed E-state index contributed by atoms with van der Waals surface area (Å²) in [5, 5.41) is 10.2. The summed E-state index contributed by atoms with van der Waals surface area (Å²) in [6.07, 6.45) is 7.14. The minimum Gasteiger partial charge on any atom is -0.487 e. The van der Waals surface area contributed by atoms with E-state index < -0.39 is 0 Å². The Balaban J connectivity index is 1.72. The Morgan fingerprint density at radius 1 is 1.22 bits per heavy atom. The van der Waals surface area contributed by atoms with Crippen LogP contribution in [0.25, 0.3) is 16.6 Å². The molecule has 3 aromatic heterocycles. The summed E-state index contributed by atoms with van der Waals surface area (Å²) in [6, 6.07) is 15.1. The number of nitriles is 1. The maximum Gasteiger partial charge on any atom is 0.268 e. The molecule has 3 heterocycles. The number of hydrogen-bond donors (Lipinski definition) is 0. The Bertz CT molecular complexity index is 1610. The van der Waals surface area contributed by atoms with Gasteiger partial charge in [0.15, 0.2) is 0 Å². The fourth-order valence-corrected chi connectivity index (χ4v) is 4.31. The second-order valence-corrected chi connectivity index (χ2v) is 8.95. The molecule has 0 fully saturated rings. The van der Waals surface area contributed by atoms with Gasteiger partial charge in [-0.05, 0) is 55.8 Å². The van der Waals surface area contributed by atoms with Crippen molar-refractivity contribution >= 4 is 16.6 Å². The molecule has 0 unspecified atom stereocenters. The second-order valence-electron chi connectivity index (χ2n) is 8.95. The third-order valence-electron chi connectivity index (χ3n) is 6.18. The third kappa shape index (κ3) is 5.29. The molecule has 0 radical (unpaired) electrons. The second kappa shape index (κ2) is 10.9. The SMILES string of the molecule is C=C/C=C(/c1cc(C)nc2c(OCc3c(C)ccnc3Cn3cccc(C#N)c3=O)cccc12)N(C)C. The predicted octanol–water partition coefficient (Wildman–Crippen LogP) is 5.00. The molecule has 4 aromatic rings. The molecule has 4 rings (SSSR count). The fourth-order valence-electron chi connectivity index (χ4n) is 4.31. The van der Waals surface area contributed by atoms with Gasteiger partial charge in [-0.25, -0.2) is 4.98 Å². The Morgan fingerprint density at radius 3 is 2.76 bits per heavy atom. The summed E-state index contributed by atoms with van der Waals surface area (Å²) in [5.41, 5.74) is 6.09. The largest absolute Gasteiger partial charge is 0.487 e. The zero-order valence-corrected chi connectivity index (χ0v) is 21.5. The van der Waals surface area contributed by atoms with Crippen molar-refractivity contribution < 1.29 is 4.74 Å². The highest BCUT2D eigenvalue weighted by atomic mass is 16.5. The van der Waals surface area contributed by atoms with Crippen molar-refractivity contribution in [3.05, 3.63) is 118 Å². The first-order valence-corrected chi connectivity index (χ1v) is 11.9. The standard InChI is InChI=1S/C30H29N5O2/c1-6-9-27(34(4)5)24-16-21(3)33-29-23(24)11-7-12-28(29)37-19-25-20(2)13-14-32-26(25)18-35-15-8-10-22(17-31)30(35)36/h6-16H,1,18-19H2,2-5H3/b27-9-. The van der Waals surface area contributed by atoms with Gasteiger partial charge in [-0.3, -0.25) is 9.78 Å². The van der Waals surface area contributed by atoms with Gasteiger partial charge in [-0.2, -0.15) is 5.26 Å². The highest BCUT2D eigenvalue weighted by molar-refractivity contribution is 5.94. The van der Waals surface area contributed by atoms with E-state index in [0.29, 0.717) is 11.4 Å². The zero-order chi connectivity index (χ0) is 26.5. The lowest BCUT2D eigenvalue weighted by Gasteiger charge is -2.20. The number of allylic oxidation sites excluding steroid dienone is 2. The van der Waals surface area contributed by atoms with Crippen LogP contribution in [-0.4, -0.2) is 33.5 Å². The highest BCUT2D eigenvalue weighted by Crippen LogP contribution is 2.32. The summed E-state index contributed by atoms with van der Waals surface area (Å²) < 4.78 is 7.85. The van der Waals surface area contributed by atoms with Gasteiger partial charge in [-0.1, -0.05) is 24.8 Å². The molecule has 0 aliphatic heterocycles. The van der Waals surface area contributed by atoms with Crippen molar-refractivity contribution in [3.8, 4) is 11.8 Å². The van der Waals surface area contributed by atoms with E-state index in [0.717, 1.165) is 39.0 Å². The number of nitrogens with zero attached hydrogens (tertiary/aromatic N) is 5. The van der Waals surface area contributed by atoms with Crippen LogP contribution in [0.15, 0.2) is 78.4 Å². The van der Waals surface area contributed by atoms with Gasteiger partial charge in [0.1, 0.15) is 29.5 Å². The number of aromatic nitrogens is 3. The van der Waals surface area contributed by atoms with Crippen molar-refractivity contribution in [2.75, 3.05) is 14.1 Å².